The summed E-state index contributed by atoms with van der Waals surface area (Å²) in [7, 11) is 0. The topological polar surface area (TPSA) is 78.3 Å². The van der Waals surface area contributed by atoms with Gasteiger partial charge in [0.25, 0.3) is 5.91 Å². The molecule has 7 nitrogen and oxygen atoms in total. The lowest BCUT2D eigenvalue weighted by Crippen LogP contribution is -2.44. The van der Waals surface area contributed by atoms with E-state index in [0.717, 1.165) is 12.1 Å². The van der Waals surface area contributed by atoms with Crippen LogP contribution >= 0.6 is 0 Å². The molecule has 5 rings (SSSR count). The average molecular weight is 414 g/mol. The molecule has 30 heavy (non-hydrogen) atoms. The lowest BCUT2D eigenvalue weighted by Gasteiger charge is -2.20. The second kappa shape index (κ2) is 8.43. The van der Waals surface area contributed by atoms with E-state index >= 15 is 0 Å². The molecule has 4 unspecified atom stereocenters. The zero-order valence-electron chi connectivity index (χ0n) is 16.9. The third kappa shape index (κ3) is 3.86. The number of benzene rings is 1. The smallest absolute Gasteiger partial charge is 0.254 e. The van der Waals surface area contributed by atoms with Crippen molar-refractivity contribution < 1.29 is 18.7 Å². The number of fused-ring (bicyclic) bond motifs is 1. The van der Waals surface area contributed by atoms with Gasteiger partial charge in [0, 0.05) is 6.20 Å². The average Bonchev–Trinajstić information content (AvgIpc) is 3.47. The molecule has 1 aromatic carbocycles. The van der Waals surface area contributed by atoms with Crippen LogP contribution in [0.3, 0.4) is 0 Å². The molecule has 1 saturated carbocycles. The van der Waals surface area contributed by atoms with Crippen LogP contribution in [0.2, 0.25) is 0 Å². The van der Waals surface area contributed by atoms with E-state index < -0.39 is 11.7 Å². The molecule has 3 heterocycles. The Bertz CT molecular complexity index is 898. The Morgan fingerprint density at radius 3 is 2.77 bits per heavy atom. The first-order chi connectivity index (χ1) is 14.7. The van der Waals surface area contributed by atoms with Gasteiger partial charge in [0.15, 0.2) is 0 Å². The Hall–Kier alpha value is -2.32. The molecule has 3 aliphatic rings. The first-order valence-corrected chi connectivity index (χ1v) is 10.9. The number of hydrogen-bond donors (Lipinski definition) is 1. The van der Waals surface area contributed by atoms with Crippen LogP contribution in [0.5, 0.6) is 0 Å². The molecule has 1 amide bonds. The Balaban J connectivity index is 1.21. The molecule has 1 aromatic heterocycles. The van der Waals surface area contributed by atoms with Crippen LogP contribution in [-0.2, 0) is 15.9 Å². The van der Waals surface area contributed by atoms with Gasteiger partial charge in [-0.25, -0.2) is 9.07 Å². The van der Waals surface area contributed by atoms with Crippen molar-refractivity contribution in [2.45, 2.75) is 62.8 Å². The molecule has 2 aromatic rings. The Morgan fingerprint density at radius 1 is 1.13 bits per heavy atom. The zero-order chi connectivity index (χ0) is 20.5. The SMILES string of the molecule is O=C(NC1COC2C1OCC2n1cc(CC2CCCCC2)nn1)c1ccccc1F. The predicted molar refractivity (Wildman–Crippen MR) is 106 cm³/mol. The highest BCUT2D eigenvalue weighted by Crippen LogP contribution is 2.34. The van der Waals surface area contributed by atoms with E-state index in [1.54, 1.807) is 12.1 Å². The fourth-order valence-corrected chi connectivity index (χ4v) is 4.98. The number of aromatic nitrogens is 3. The Kier molecular flexibility index (Phi) is 5.52. The van der Waals surface area contributed by atoms with Gasteiger partial charge in [-0.1, -0.05) is 49.5 Å². The van der Waals surface area contributed by atoms with E-state index in [0.29, 0.717) is 19.1 Å². The number of halogens is 1. The highest BCUT2D eigenvalue weighted by atomic mass is 19.1. The molecule has 0 bridgehead atoms. The number of ether oxygens (including phenoxy) is 2. The van der Waals surface area contributed by atoms with E-state index in [9.17, 15) is 9.18 Å². The van der Waals surface area contributed by atoms with Crippen molar-refractivity contribution in [2.24, 2.45) is 5.92 Å². The first-order valence-electron chi connectivity index (χ1n) is 10.9. The summed E-state index contributed by atoms with van der Waals surface area (Å²) in [6, 6.07) is 5.56. The molecule has 0 radical (unpaired) electrons. The molecule has 4 atom stereocenters. The van der Waals surface area contributed by atoms with Crippen LogP contribution in [0.4, 0.5) is 4.39 Å². The van der Waals surface area contributed by atoms with E-state index in [2.05, 4.69) is 15.6 Å². The molecule has 2 aliphatic heterocycles. The Morgan fingerprint density at radius 2 is 1.93 bits per heavy atom. The maximum absolute atomic E-state index is 13.9. The van der Waals surface area contributed by atoms with E-state index in [-0.39, 0.29) is 29.9 Å². The highest BCUT2D eigenvalue weighted by molar-refractivity contribution is 5.94. The largest absolute Gasteiger partial charge is 0.371 e. The lowest BCUT2D eigenvalue weighted by molar-refractivity contribution is 0.0613. The minimum absolute atomic E-state index is 0.0270. The molecular weight excluding hydrogens is 387 g/mol. The molecule has 1 N–H and O–H groups in total. The quantitative estimate of drug-likeness (QED) is 0.814. The first kappa shape index (κ1) is 19.6. The number of nitrogens with zero attached hydrogens (tertiary/aromatic N) is 3. The van der Waals surface area contributed by atoms with Gasteiger partial charge in [0.1, 0.15) is 24.1 Å². The van der Waals surface area contributed by atoms with E-state index in [4.69, 9.17) is 9.47 Å². The van der Waals surface area contributed by atoms with Crippen molar-refractivity contribution in [3.05, 3.63) is 47.5 Å². The third-order valence-corrected chi connectivity index (χ3v) is 6.58. The lowest BCUT2D eigenvalue weighted by atomic mass is 9.86. The van der Waals surface area contributed by atoms with Crippen molar-refractivity contribution in [1.29, 1.82) is 0 Å². The summed E-state index contributed by atoms with van der Waals surface area (Å²) >= 11 is 0. The summed E-state index contributed by atoms with van der Waals surface area (Å²) in [4.78, 5) is 12.5. The fraction of sp³-hybridized carbons (Fsp3) is 0.591. The van der Waals surface area contributed by atoms with Gasteiger partial charge in [-0.2, -0.15) is 0 Å². The third-order valence-electron chi connectivity index (χ3n) is 6.58. The van der Waals surface area contributed by atoms with Gasteiger partial charge in [-0.3, -0.25) is 4.79 Å². The highest BCUT2D eigenvalue weighted by Gasteiger charge is 2.49. The maximum atomic E-state index is 13.9. The van der Waals surface area contributed by atoms with E-state index in [1.807, 2.05) is 10.9 Å². The molecule has 1 aliphatic carbocycles. The number of hydrogen-bond acceptors (Lipinski definition) is 5. The minimum atomic E-state index is -0.538. The van der Waals surface area contributed by atoms with Crippen molar-refractivity contribution in [3.63, 3.8) is 0 Å². The van der Waals surface area contributed by atoms with Gasteiger partial charge in [0.05, 0.1) is 30.5 Å². The predicted octanol–water partition coefficient (Wildman–Crippen LogP) is 2.68. The van der Waals surface area contributed by atoms with Crippen molar-refractivity contribution in [3.8, 4) is 0 Å². The van der Waals surface area contributed by atoms with Crippen LogP contribution < -0.4 is 5.32 Å². The summed E-state index contributed by atoms with van der Waals surface area (Å²) in [5.41, 5.74) is 1.05. The fourth-order valence-electron chi connectivity index (χ4n) is 4.98. The molecule has 2 saturated heterocycles. The second-order valence-corrected chi connectivity index (χ2v) is 8.62. The number of amides is 1. The summed E-state index contributed by atoms with van der Waals surface area (Å²) in [5, 5.41) is 11.6. The summed E-state index contributed by atoms with van der Waals surface area (Å²) in [5.74, 6) is -0.286. The summed E-state index contributed by atoms with van der Waals surface area (Å²) in [6.45, 7) is 0.781. The Labute approximate surface area is 174 Å². The van der Waals surface area contributed by atoms with Crippen LogP contribution in [0, 0.1) is 11.7 Å². The van der Waals surface area contributed by atoms with Crippen molar-refractivity contribution in [2.75, 3.05) is 13.2 Å². The number of carbonyl (C=O) groups is 1. The zero-order valence-corrected chi connectivity index (χ0v) is 16.9. The molecule has 3 fully saturated rings. The second-order valence-electron chi connectivity index (χ2n) is 8.62. The molecule has 0 spiro atoms. The van der Waals surface area contributed by atoms with Crippen LogP contribution in [0.1, 0.15) is 54.2 Å². The van der Waals surface area contributed by atoms with Gasteiger partial charge < -0.3 is 14.8 Å². The van der Waals surface area contributed by atoms with Crippen LogP contribution in [0.25, 0.3) is 0 Å². The van der Waals surface area contributed by atoms with Gasteiger partial charge >= 0.3 is 0 Å². The standard InChI is InChI=1S/C22H27FN4O3/c23-17-9-5-4-8-16(17)22(28)24-18-12-29-21-19(13-30-20(18)21)27-11-15(25-26-27)10-14-6-2-1-3-7-14/h4-5,8-9,11,14,18-21H,1-3,6-7,10,12-13H2,(H,24,28). The number of rotatable bonds is 5. The van der Waals surface area contributed by atoms with Gasteiger partial charge in [-0.05, 0) is 24.5 Å². The maximum Gasteiger partial charge on any atom is 0.254 e. The molecule has 8 heteroatoms. The normalized spacial score (nSPS) is 29.1. The number of carbonyl (C=O) groups excluding carboxylic acids is 1. The van der Waals surface area contributed by atoms with Crippen LogP contribution in [0.15, 0.2) is 30.5 Å². The molecule has 160 valence electrons. The molecular formula is C22H27FN4O3. The van der Waals surface area contributed by atoms with Crippen LogP contribution in [-0.4, -0.2) is 52.4 Å². The summed E-state index contributed by atoms with van der Waals surface area (Å²) < 4.78 is 27.7. The summed E-state index contributed by atoms with van der Waals surface area (Å²) in [6.07, 6.45) is 9.02. The van der Waals surface area contributed by atoms with Gasteiger partial charge in [0.2, 0.25) is 0 Å². The van der Waals surface area contributed by atoms with E-state index in [1.165, 1.54) is 44.2 Å². The monoisotopic (exact) mass is 414 g/mol. The van der Waals surface area contributed by atoms with Gasteiger partial charge in [-0.15, -0.1) is 5.10 Å². The van der Waals surface area contributed by atoms with Crippen molar-refractivity contribution >= 4 is 5.91 Å². The minimum Gasteiger partial charge on any atom is -0.371 e. The van der Waals surface area contributed by atoms with Crippen molar-refractivity contribution in [1.82, 2.24) is 20.3 Å². The number of nitrogens with one attached hydrogen (secondary N) is 1.